The summed E-state index contributed by atoms with van der Waals surface area (Å²) >= 11 is 0. The van der Waals surface area contributed by atoms with Gasteiger partial charge in [-0.1, -0.05) is 45.0 Å². The summed E-state index contributed by atoms with van der Waals surface area (Å²) in [6, 6.07) is 15.4. The fraction of sp³-hybridized carbons (Fsp3) is 0.444. The number of nitrogens with zero attached hydrogens (tertiary/aromatic N) is 8. The van der Waals surface area contributed by atoms with Gasteiger partial charge in [0.25, 0.3) is 0 Å². The number of hydrogen-bond donors (Lipinski definition) is 3. The predicted molar refractivity (Wildman–Crippen MR) is 188 cm³/mol. The molecule has 3 N–H and O–H groups in total. The lowest BCUT2D eigenvalue weighted by Crippen LogP contribution is -2.38. The molecule has 5 heterocycles. The van der Waals surface area contributed by atoms with Gasteiger partial charge < -0.3 is 24.8 Å². The number of urea groups is 1. The average Bonchev–Trinajstić information content (AvgIpc) is 3.73. The summed E-state index contributed by atoms with van der Waals surface area (Å²) in [4.78, 5) is 15.9. The zero-order chi connectivity index (χ0) is 34.8. The van der Waals surface area contributed by atoms with E-state index in [-0.39, 0.29) is 42.7 Å². The molecule has 1 unspecified atom stereocenters. The second kappa shape index (κ2) is 13.9. The van der Waals surface area contributed by atoms with E-state index in [1.807, 2.05) is 47.0 Å². The number of rotatable bonds is 9. The van der Waals surface area contributed by atoms with Crippen molar-refractivity contribution in [1.82, 2.24) is 39.9 Å². The molecule has 7 rings (SSSR count). The quantitative estimate of drug-likeness (QED) is 0.181. The Morgan fingerprint density at radius 2 is 1.86 bits per heavy atom. The largest absolute Gasteiger partial charge is 0.484 e. The minimum absolute atomic E-state index is 0.0864. The molecule has 1 fully saturated rings. The maximum absolute atomic E-state index is 13.6. The molecule has 262 valence electrons. The SMILES string of the molecule is CC1CCCCN1c1nnc2ccc(O[C@@H]3CC[C@H](NC(=O)Nc4cc(C(C)(C)C)nn4-c4cnnc(OCCO)c4)c4ccccc43)cn12. The van der Waals surface area contributed by atoms with Crippen LogP contribution in [-0.2, 0) is 5.41 Å². The van der Waals surface area contributed by atoms with Gasteiger partial charge in [0.05, 0.1) is 36.4 Å². The van der Waals surface area contributed by atoms with E-state index in [0.717, 1.165) is 53.6 Å². The lowest BCUT2D eigenvalue weighted by atomic mass is 9.85. The Morgan fingerprint density at radius 1 is 1.02 bits per heavy atom. The van der Waals surface area contributed by atoms with Gasteiger partial charge in [-0.15, -0.1) is 15.3 Å². The Hall–Kier alpha value is -5.24. The van der Waals surface area contributed by atoms with Crippen LogP contribution in [0.5, 0.6) is 11.6 Å². The molecule has 0 radical (unpaired) electrons. The van der Waals surface area contributed by atoms with Crippen LogP contribution in [0.1, 0.15) is 88.8 Å². The van der Waals surface area contributed by atoms with Crippen LogP contribution in [0.4, 0.5) is 16.6 Å². The van der Waals surface area contributed by atoms with Gasteiger partial charge >= 0.3 is 6.03 Å². The van der Waals surface area contributed by atoms with Crippen molar-refractivity contribution in [2.75, 3.05) is 30.0 Å². The number of benzene rings is 1. The van der Waals surface area contributed by atoms with E-state index < -0.39 is 0 Å². The molecule has 0 bridgehead atoms. The van der Waals surface area contributed by atoms with E-state index in [4.69, 9.17) is 19.7 Å². The third kappa shape index (κ3) is 6.93. The third-order valence-electron chi connectivity index (χ3n) is 9.36. The summed E-state index contributed by atoms with van der Waals surface area (Å²) in [7, 11) is 0. The van der Waals surface area contributed by atoms with E-state index in [0.29, 0.717) is 30.4 Å². The van der Waals surface area contributed by atoms with Gasteiger partial charge in [0, 0.05) is 30.1 Å². The molecule has 0 saturated carbocycles. The van der Waals surface area contributed by atoms with Crippen LogP contribution in [0.15, 0.2) is 60.9 Å². The van der Waals surface area contributed by atoms with E-state index >= 15 is 0 Å². The van der Waals surface area contributed by atoms with Crippen molar-refractivity contribution in [1.29, 1.82) is 0 Å². The Morgan fingerprint density at radius 3 is 2.66 bits per heavy atom. The highest BCUT2D eigenvalue weighted by molar-refractivity contribution is 5.89. The molecule has 50 heavy (non-hydrogen) atoms. The van der Waals surface area contributed by atoms with E-state index in [2.05, 4.69) is 69.7 Å². The minimum Gasteiger partial charge on any atom is -0.484 e. The normalized spacial score (nSPS) is 19.2. The smallest absolute Gasteiger partial charge is 0.320 e. The van der Waals surface area contributed by atoms with Crippen LogP contribution in [-0.4, -0.2) is 71.5 Å². The first-order chi connectivity index (χ1) is 24.2. The van der Waals surface area contributed by atoms with Crippen LogP contribution >= 0.6 is 0 Å². The van der Waals surface area contributed by atoms with Crippen LogP contribution < -0.4 is 25.0 Å². The molecule has 5 aromatic rings. The molecule has 0 spiro atoms. The standard InChI is InChI=1S/C36H44N10O4/c1-23-9-7-8-16-44(23)35-42-40-31-15-12-25(22-45(31)35)50-29-14-13-28(26-10-5-6-11-27(26)29)38-34(48)39-32-20-30(36(2,3)4)43-46(32)24-19-33(41-37-21-24)49-18-17-47/h5-6,10-12,15,19-23,28-29,47H,7-9,13-14,16-18H2,1-4H3,(H2,38,39,48)/t23?,28-,29+/m0/s1. The molecule has 1 saturated heterocycles. The molecule has 1 aliphatic heterocycles. The highest BCUT2D eigenvalue weighted by Gasteiger charge is 2.31. The number of carbonyl (C=O) groups excluding carboxylic acids is 1. The number of nitrogens with one attached hydrogen (secondary N) is 2. The number of aromatic nitrogens is 7. The van der Waals surface area contributed by atoms with Crippen molar-refractivity contribution < 1.29 is 19.4 Å². The molecular formula is C36H44N10O4. The van der Waals surface area contributed by atoms with Gasteiger partial charge in [0.1, 0.15) is 24.3 Å². The number of amides is 2. The first-order valence-electron chi connectivity index (χ1n) is 17.3. The summed E-state index contributed by atoms with van der Waals surface area (Å²) in [6.45, 7) is 9.31. The summed E-state index contributed by atoms with van der Waals surface area (Å²) in [5.74, 6) is 2.31. The second-order valence-corrected chi connectivity index (χ2v) is 14.0. The Labute approximate surface area is 290 Å². The van der Waals surface area contributed by atoms with Gasteiger partial charge in [0.15, 0.2) is 5.65 Å². The number of fused-ring (bicyclic) bond motifs is 2. The first-order valence-corrected chi connectivity index (χ1v) is 17.3. The lowest BCUT2D eigenvalue weighted by Gasteiger charge is -2.33. The van der Waals surface area contributed by atoms with Gasteiger partial charge in [0.2, 0.25) is 11.8 Å². The molecule has 1 aliphatic carbocycles. The summed E-state index contributed by atoms with van der Waals surface area (Å²) in [6.07, 6.45) is 8.27. The maximum atomic E-state index is 13.6. The molecule has 2 aliphatic rings. The maximum Gasteiger partial charge on any atom is 0.320 e. The first kappa shape index (κ1) is 33.3. The van der Waals surface area contributed by atoms with Crippen LogP contribution in [0.2, 0.25) is 0 Å². The van der Waals surface area contributed by atoms with Gasteiger partial charge in [-0.2, -0.15) is 10.2 Å². The zero-order valence-corrected chi connectivity index (χ0v) is 28.9. The molecule has 4 aromatic heterocycles. The fourth-order valence-electron chi connectivity index (χ4n) is 6.73. The van der Waals surface area contributed by atoms with Gasteiger partial charge in [-0.05, 0) is 62.3 Å². The van der Waals surface area contributed by atoms with Gasteiger partial charge in [-0.3, -0.25) is 9.72 Å². The number of aliphatic hydroxyl groups is 1. The van der Waals surface area contributed by atoms with Crippen molar-refractivity contribution in [3.05, 3.63) is 77.7 Å². The highest BCUT2D eigenvalue weighted by atomic mass is 16.5. The number of piperidine rings is 1. The lowest BCUT2D eigenvalue weighted by molar-refractivity contribution is 0.171. The van der Waals surface area contributed by atoms with Crippen molar-refractivity contribution in [3.63, 3.8) is 0 Å². The van der Waals surface area contributed by atoms with Crippen LogP contribution in [0.3, 0.4) is 0 Å². The fourth-order valence-corrected chi connectivity index (χ4v) is 6.73. The number of ether oxygens (including phenoxy) is 2. The Kier molecular flexibility index (Phi) is 9.27. The minimum atomic E-state index is -0.359. The Balaban J connectivity index is 1.08. The van der Waals surface area contributed by atoms with Crippen LogP contribution in [0, 0.1) is 0 Å². The molecule has 14 nitrogen and oxygen atoms in total. The molecule has 14 heteroatoms. The van der Waals surface area contributed by atoms with Crippen molar-refractivity contribution in [3.8, 4) is 17.3 Å². The molecule has 3 atom stereocenters. The molecule has 1 aromatic carbocycles. The predicted octanol–water partition coefficient (Wildman–Crippen LogP) is 5.53. The van der Waals surface area contributed by atoms with E-state index in [1.54, 1.807) is 16.9 Å². The number of carbonyl (C=O) groups is 1. The molecular weight excluding hydrogens is 636 g/mol. The molecule has 2 amide bonds. The van der Waals surface area contributed by atoms with Crippen molar-refractivity contribution in [2.45, 2.75) is 83.4 Å². The monoisotopic (exact) mass is 680 g/mol. The summed E-state index contributed by atoms with van der Waals surface area (Å²) in [5, 5.41) is 37.1. The number of hydrogen-bond acceptors (Lipinski definition) is 10. The second-order valence-electron chi connectivity index (χ2n) is 14.0. The Bertz CT molecular complexity index is 1970. The van der Waals surface area contributed by atoms with Crippen LogP contribution in [0.25, 0.3) is 11.3 Å². The summed E-state index contributed by atoms with van der Waals surface area (Å²) in [5.41, 5.74) is 3.90. The van der Waals surface area contributed by atoms with E-state index in [1.165, 1.54) is 6.42 Å². The number of pyridine rings is 1. The topological polar surface area (TPSA) is 157 Å². The summed E-state index contributed by atoms with van der Waals surface area (Å²) < 4.78 is 15.7. The number of aliphatic hydroxyl groups excluding tert-OH is 1. The van der Waals surface area contributed by atoms with Gasteiger partial charge in [-0.25, -0.2) is 9.48 Å². The third-order valence-corrected chi connectivity index (χ3v) is 9.36. The highest BCUT2D eigenvalue weighted by Crippen LogP contribution is 2.39. The van der Waals surface area contributed by atoms with Crippen molar-refractivity contribution >= 4 is 23.4 Å². The van der Waals surface area contributed by atoms with E-state index in [9.17, 15) is 4.79 Å². The average molecular weight is 681 g/mol. The number of anilines is 2. The zero-order valence-electron chi connectivity index (χ0n) is 28.9. The van der Waals surface area contributed by atoms with Crippen molar-refractivity contribution in [2.24, 2.45) is 0 Å².